The number of hydrogen-bond acceptors (Lipinski definition) is 1. The van der Waals surface area contributed by atoms with E-state index < -0.39 is 0 Å². The van der Waals surface area contributed by atoms with Crippen molar-refractivity contribution in [3.63, 3.8) is 0 Å². The topological polar surface area (TPSA) is 22.8 Å². The Bertz CT molecular complexity index is 1420. The Hall–Kier alpha value is -3.85. The average molecular weight is 359 g/mol. The van der Waals surface area contributed by atoms with E-state index in [9.17, 15) is 0 Å². The minimum absolute atomic E-state index is 1.00. The summed E-state index contributed by atoms with van der Waals surface area (Å²) in [6.45, 7) is 0. The first-order valence-electron chi connectivity index (χ1n) is 9.41. The normalized spacial score (nSPS) is 11.6. The molecule has 4 aromatic carbocycles. The lowest BCUT2D eigenvalue weighted by Crippen LogP contribution is -1.97. The van der Waals surface area contributed by atoms with E-state index in [1.807, 2.05) is 18.5 Å². The van der Waals surface area contributed by atoms with Crippen molar-refractivity contribution in [1.82, 2.24) is 14.1 Å². The van der Waals surface area contributed by atoms with Crippen LogP contribution < -0.4 is 0 Å². The van der Waals surface area contributed by atoms with Crippen molar-refractivity contribution in [2.24, 2.45) is 0 Å². The number of benzene rings is 4. The Morgan fingerprint density at radius 1 is 0.536 bits per heavy atom. The summed E-state index contributed by atoms with van der Waals surface area (Å²) in [5.41, 5.74) is 6.81. The molecular formula is C25H17N3. The lowest BCUT2D eigenvalue weighted by atomic mass is 10.2. The fourth-order valence-corrected chi connectivity index (χ4v) is 4.15. The van der Waals surface area contributed by atoms with Crippen LogP contribution in [0.4, 0.5) is 0 Å². The predicted molar refractivity (Wildman–Crippen MR) is 115 cm³/mol. The summed E-state index contributed by atoms with van der Waals surface area (Å²) in [5.74, 6) is 0. The van der Waals surface area contributed by atoms with Gasteiger partial charge in [-0.05, 0) is 42.5 Å². The highest BCUT2D eigenvalue weighted by Gasteiger charge is 2.12. The van der Waals surface area contributed by atoms with Crippen LogP contribution in [0.1, 0.15) is 0 Å². The van der Waals surface area contributed by atoms with Crippen molar-refractivity contribution in [2.75, 3.05) is 0 Å². The van der Waals surface area contributed by atoms with Gasteiger partial charge in [-0.3, -0.25) is 4.57 Å². The number of para-hydroxylation sites is 4. The van der Waals surface area contributed by atoms with Crippen LogP contribution in [-0.4, -0.2) is 14.1 Å². The van der Waals surface area contributed by atoms with Crippen LogP contribution in [0.15, 0.2) is 103 Å². The second kappa shape index (κ2) is 5.83. The zero-order valence-electron chi connectivity index (χ0n) is 15.2. The molecule has 0 fully saturated rings. The van der Waals surface area contributed by atoms with E-state index in [1.165, 1.54) is 21.8 Å². The molecule has 0 unspecified atom stereocenters. The molecule has 132 valence electrons. The zero-order valence-corrected chi connectivity index (χ0v) is 15.2. The first-order chi connectivity index (χ1) is 13.9. The van der Waals surface area contributed by atoms with E-state index in [-0.39, 0.29) is 0 Å². The Balaban J connectivity index is 1.64. The van der Waals surface area contributed by atoms with E-state index in [1.54, 1.807) is 0 Å². The minimum Gasteiger partial charge on any atom is -0.309 e. The summed E-state index contributed by atoms with van der Waals surface area (Å²) in [4.78, 5) is 4.54. The van der Waals surface area contributed by atoms with Gasteiger partial charge in [-0.1, -0.05) is 54.6 Å². The van der Waals surface area contributed by atoms with Crippen LogP contribution in [0, 0.1) is 0 Å². The molecule has 0 aliphatic heterocycles. The Morgan fingerprint density at radius 3 is 1.89 bits per heavy atom. The maximum Gasteiger partial charge on any atom is 0.100 e. The summed E-state index contributed by atoms with van der Waals surface area (Å²) in [6, 6.07) is 34.1. The number of rotatable bonds is 2. The lowest BCUT2D eigenvalue weighted by molar-refractivity contribution is 1.08. The summed E-state index contributed by atoms with van der Waals surface area (Å²) in [7, 11) is 0. The van der Waals surface area contributed by atoms with E-state index in [2.05, 4.69) is 99.0 Å². The number of aromatic nitrogens is 3. The number of hydrogen-bond donors (Lipinski definition) is 0. The van der Waals surface area contributed by atoms with Crippen molar-refractivity contribution in [2.45, 2.75) is 0 Å². The van der Waals surface area contributed by atoms with Crippen molar-refractivity contribution >= 4 is 32.8 Å². The Kier molecular flexibility index (Phi) is 3.17. The highest BCUT2D eigenvalue weighted by Crippen LogP contribution is 2.32. The lowest BCUT2D eigenvalue weighted by Gasteiger charge is -2.11. The third kappa shape index (κ3) is 2.13. The van der Waals surface area contributed by atoms with Crippen LogP contribution in [0.2, 0.25) is 0 Å². The van der Waals surface area contributed by atoms with Crippen molar-refractivity contribution in [3.8, 4) is 11.4 Å². The molecule has 0 amide bonds. The van der Waals surface area contributed by atoms with Gasteiger partial charge in [0.15, 0.2) is 0 Å². The SMILES string of the molecule is c1cc(-n2cnc3ccccc32)cc(-n2c3ccccc3c3ccccc32)c1. The molecule has 0 saturated heterocycles. The monoisotopic (exact) mass is 359 g/mol. The first-order valence-corrected chi connectivity index (χ1v) is 9.41. The summed E-state index contributed by atoms with van der Waals surface area (Å²) in [6.07, 6.45) is 1.90. The third-order valence-corrected chi connectivity index (χ3v) is 5.40. The van der Waals surface area contributed by atoms with Gasteiger partial charge in [0.05, 0.1) is 22.1 Å². The molecule has 0 aliphatic carbocycles. The maximum atomic E-state index is 4.54. The molecule has 0 N–H and O–H groups in total. The van der Waals surface area contributed by atoms with Gasteiger partial charge in [0.25, 0.3) is 0 Å². The van der Waals surface area contributed by atoms with Gasteiger partial charge >= 0.3 is 0 Å². The molecule has 0 bridgehead atoms. The Labute approximate surface area is 162 Å². The number of fused-ring (bicyclic) bond motifs is 4. The average Bonchev–Trinajstić information content (AvgIpc) is 3.33. The summed E-state index contributed by atoms with van der Waals surface area (Å²) in [5, 5.41) is 2.55. The van der Waals surface area contributed by atoms with Gasteiger partial charge in [0.2, 0.25) is 0 Å². The van der Waals surface area contributed by atoms with Gasteiger partial charge in [-0.15, -0.1) is 0 Å². The second-order valence-corrected chi connectivity index (χ2v) is 6.99. The second-order valence-electron chi connectivity index (χ2n) is 6.99. The molecule has 6 aromatic rings. The molecule has 2 heterocycles. The van der Waals surface area contributed by atoms with Gasteiger partial charge in [0, 0.05) is 22.1 Å². The molecule has 0 radical (unpaired) electrons. The molecule has 28 heavy (non-hydrogen) atoms. The molecule has 0 atom stereocenters. The van der Waals surface area contributed by atoms with E-state index in [0.717, 1.165) is 22.4 Å². The van der Waals surface area contributed by atoms with Crippen LogP contribution in [0.5, 0.6) is 0 Å². The van der Waals surface area contributed by atoms with Crippen LogP contribution in [0.3, 0.4) is 0 Å². The van der Waals surface area contributed by atoms with E-state index >= 15 is 0 Å². The van der Waals surface area contributed by atoms with Gasteiger partial charge < -0.3 is 4.57 Å². The highest BCUT2D eigenvalue weighted by atomic mass is 15.1. The molecule has 3 nitrogen and oxygen atoms in total. The van der Waals surface area contributed by atoms with Crippen LogP contribution >= 0.6 is 0 Å². The zero-order chi connectivity index (χ0) is 18.5. The first kappa shape index (κ1) is 15.2. The molecule has 2 aromatic heterocycles. The summed E-state index contributed by atoms with van der Waals surface area (Å²) >= 11 is 0. The van der Waals surface area contributed by atoms with Crippen LogP contribution in [-0.2, 0) is 0 Å². The quantitative estimate of drug-likeness (QED) is 0.365. The number of nitrogens with zero attached hydrogens (tertiary/aromatic N) is 3. The number of imidazole rings is 1. The van der Waals surface area contributed by atoms with E-state index in [4.69, 9.17) is 0 Å². The van der Waals surface area contributed by atoms with Crippen molar-refractivity contribution in [1.29, 1.82) is 0 Å². The molecule has 3 heteroatoms. The molecule has 0 aliphatic rings. The third-order valence-electron chi connectivity index (χ3n) is 5.40. The molecule has 0 saturated carbocycles. The van der Waals surface area contributed by atoms with Gasteiger partial charge in [-0.25, -0.2) is 4.98 Å². The fraction of sp³-hybridized carbons (Fsp3) is 0. The van der Waals surface area contributed by atoms with Gasteiger partial charge in [0.1, 0.15) is 6.33 Å². The van der Waals surface area contributed by atoms with Gasteiger partial charge in [-0.2, -0.15) is 0 Å². The van der Waals surface area contributed by atoms with Crippen LogP contribution in [0.25, 0.3) is 44.2 Å². The minimum atomic E-state index is 1.00. The van der Waals surface area contributed by atoms with Crippen molar-refractivity contribution in [3.05, 3.63) is 103 Å². The molecular weight excluding hydrogens is 342 g/mol. The largest absolute Gasteiger partial charge is 0.309 e. The smallest absolute Gasteiger partial charge is 0.100 e. The maximum absolute atomic E-state index is 4.54. The highest BCUT2D eigenvalue weighted by molar-refractivity contribution is 6.09. The fourth-order valence-electron chi connectivity index (χ4n) is 4.15. The Morgan fingerprint density at radius 2 is 1.14 bits per heavy atom. The molecule has 0 spiro atoms. The predicted octanol–water partition coefficient (Wildman–Crippen LogP) is 6.12. The standard InChI is InChI=1S/C25H17N3/c1-4-13-23-20(10-1)21-11-2-5-14-24(21)28(23)19-9-7-8-18(16-19)27-17-26-22-12-3-6-15-25(22)27/h1-17H. The van der Waals surface area contributed by atoms with Crippen molar-refractivity contribution < 1.29 is 0 Å². The van der Waals surface area contributed by atoms with E-state index in [0.29, 0.717) is 0 Å². The summed E-state index contributed by atoms with van der Waals surface area (Å²) < 4.78 is 4.49. The molecule has 6 rings (SSSR count).